The summed E-state index contributed by atoms with van der Waals surface area (Å²) >= 11 is 3.37. The number of hydrogen-bond acceptors (Lipinski definition) is 4. The average Bonchev–Trinajstić information content (AvgIpc) is 2.59. The quantitative estimate of drug-likeness (QED) is 0.393. The Morgan fingerprint density at radius 3 is 2.56 bits per heavy atom. The van der Waals surface area contributed by atoms with E-state index in [2.05, 4.69) is 31.8 Å². The molecule has 0 bridgehead atoms. The Balaban J connectivity index is 1.90. The van der Waals surface area contributed by atoms with Crippen molar-refractivity contribution in [2.45, 2.75) is 26.4 Å². The molecular weight excluding hydrogens is 417 g/mol. The lowest BCUT2D eigenvalue weighted by Crippen LogP contribution is -2.24. The molecule has 2 aromatic rings. The number of anilines is 1. The van der Waals surface area contributed by atoms with E-state index < -0.39 is 24.1 Å². The van der Waals surface area contributed by atoms with Crippen molar-refractivity contribution in [2.75, 3.05) is 5.32 Å². The van der Waals surface area contributed by atoms with E-state index in [0.29, 0.717) is 17.0 Å². The molecule has 0 spiro atoms. The summed E-state index contributed by atoms with van der Waals surface area (Å²) in [5.74, 6) is -0.888. The number of halogens is 2. The third-order valence-electron chi connectivity index (χ3n) is 3.18. The molecule has 27 heavy (non-hydrogen) atoms. The summed E-state index contributed by atoms with van der Waals surface area (Å²) in [6.45, 7) is 3.81. The van der Waals surface area contributed by atoms with Gasteiger partial charge in [-0.1, -0.05) is 15.9 Å². The number of carbonyl (C=O) groups excluding carboxylic acids is 2. The highest BCUT2D eigenvalue weighted by Crippen LogP contribution is 2.22. The predicted molar refractivity (Wildman–Crippen MR) is 105 cm³/mol. The lowest BCUT2D eigenvalue weighted by molar-refractivity contribution is -0.126. The number of hydrazone groups is 1. The van der Waals surface area contributed by atoms with Crippen LogP contribution < -0.4 is 15.5 Å². The monoisotopic (exact) mass is 435 g/mol. The molecule has 0 fully saturated rings. The van der Waals surface area contributed by atoms with Crippen molar-refractivity contribution in [3.05, 3.63) is 58.3 Å². The van der Waals surface area contributed by atoms with Crippen molar-refractivity contribution in [3.8, 4) is 5.75 Å². The van der Waals surface area contributed by atoms with Gasteiger partial charge in [0.15, 0.2) is 0 Å². The molecule has 142 valence electrons. The van der Waals surface area contributed by atoms with Crippen LogP contribution in [0.2, 0.25) is 0 Å². The molecule has 0 aliphatic rings. The second-order valence-corrected chi connectivity index (χ2v) is 6.79. The third kappa shape index (κ3) is 7.18. The van der Waals surface area contributed by atoms with Crippen molar-refractivity contribution in [1.82, 2.24) is 5.43 Å². The normalized spacial score (nSPS) is 10.9. The fraction of sp³-hybridized carbons (Fsp3) is 0.211. The first-order valence-electron chi connectivity index (χ1n) is 8.17. The molecule has 0 radical (unpaired) electrons. The summed E-state index contributed by atoms with van der Waals surface area (Å²) in [5, 5.41) is 6.37. The fourth-order valence-corrected chi connectivity index (χ4v) is 2.46. The molecule has 2 N–H and O–H groups in total. The largest absolute Gasteiger partial charge is 0.490 e. The van der Waals surface area contributed by atoms with Crippen LogP contribution in [-0.4, -0.2) is 24.1 Å². The van der Waals surface area contributed by atoms with Crippen LogP contribution in [-0.2, 0) is 9.59 Å². The van der Waals surface area contributed by atoms with Crippen LogP contribution in [0.1, 0.15) is 25.8 Å². The molecule has 0 aliphatic heterocycles. The van der Waals surface area contributed by atoms with Gasteiger partial charge in [0.2, 0.25) is 11.8 Å². The molecule has 0 saturated carbocycles. The molecule has 0 atom stereocenters. The van der Waals surface area contributed by atoms with E-state index in [4.69, 9.17) is 4.74 Å². The Kier molecular flexibility index (Phi) is 7.48. The molecule has 0 aliphatic carbocycles. The van der Waals surface area contributed by atoms with E-state index in [0.717, 1.165) is 4.47 Å². The number of benzene rings is 2. The van der Waals surface area contributed by atoms with E-state index in [9.17, 15) is 14.0 Å². The standard InChI is InChI=1S/C19H19BrFN3O3/c1-12(2)27-17-8-3-14(20)9-13(17)11-22-24-19(26)10-18(25)23-16-6-4-15(21)5-7-16/h3-9,11-12H,10H2,1-2H3,(H,23,25)(H,24,26). The topological polar surface area (TPSA) is 79.8 Å². The second-order valence-electron chi connectivity index (χ2n) is 5.87. The molecule has 0 heterocycles. The molecule has 0 unspecified atom stereocenters. The second kappa shape index (κ2) is 9.82. The fourth-order valence-electron chi connectivity index (χ4n) is 2.08. The zero-order valence-electron chi connectivity index (χ0n) is 14.8. The highest BCUT2D eigenvalue weighted by molar-refractivity contribution is 9.10. The summed E-state index contributed by atoms with van der Waals surface area (Å²) < 4.78 is 19.4. The van der Waals surface area contributed by atoms with Gasteiger partial charge in [0.05, 0.1) is 12.3 Å². The Morgan fingerprint density at radius 1 is 1.19 bits per heavy atom. The van der Waals surface area contributed by atoms with E-state index >= 15 is 0 Å². The molecule has 2 amide bonds. The van der Waals surface area contributed by atoms with Crippen LogP contribution in [0.5, 0.6) is 5.75 Å². The number of nitrogens with one attached hydrogen (secondary N) is 2. The first kappa shape index (κ1) is 20.6. The molecule has 0 saturated heterocycles. The Bertz CT molecular complexity index is 839. The van der Waals surface area contributed by atoms with Gasteiger partial charge in [0.1, 0.15) is 18.0 Å². The summed E-state index contributed by atoms with van der Waals surface area (Å²) in [7, 11) is 0. The minimum Gasteiger partial charge on any atom is -0.490 e. The molecule has 2 rings (SSSR count). The maximum Gasteiger partial charge on any atom is 0.249 e. The highest BCUT2D eigenvalue weighted by atomic mass is 79.9. The Hall–Kier alpha value is -2.74. The average molecular weight is 436 g/mol. The molecule has 8 heteroatoms. The van der Waals surface area contributed by atoms with E-state index in [1.165, 1.54) is 30.5 Å². The number of nitrogens with zero attached hydrogens (tertiary/aromatic N) is 1. The minimum atomic E-state index is -0.577. The van der Waals surface area contributed by atoms with Crippen LogP contribution in [0.4, 0.5) is 10.1 Å². The maximum atomic E-state index is 12.8. The number of hydrogen-bond donors (Lipinski definition) is 2. The predicted octanol–water partition coefficient (Wildman–Crippen LogP) is 3.85. The number of rotatable bonds is 7. The Morgan fingerprint density at radius 2 is 1.89 bits per heavy atom. The van der Waals surface area contributed by atoms with E-state index in [-0.39, 0.29) is 6.10 Å². The van der Waals surface area contributed by atoms with Crippen molar-refractivity contribution in [3.63, 3.8) is 0 Å². The molecular formula is C19H19BrFN3O3. The van der Waals surface area contributed by atoms with Crippen molar-refractivity contribution < 1.29 is 18.7 Å². The van der Waals surface area contributed by atoms with Gasteiger partial charge < -0.3 is 10.1 Å². The van der Waals surface area contributed by atoms with Gasteiger partial charge in [0, 0.05) is 15.7 Å². The smallest absolute Gasteiger partial charge is 0.249 e. The van der Waals surface area contributed by atoms with E-state index in [1.807, 2.05) is 19.9 Å². The van der Waals surface area contributed by atoms with Crippen molar-refractivity contribution in [2.24, 2.45) is 5.10 Å². The third-order valence-corrected chi connectivity index (χ3v) is 3.67. The lowest BCUT2D eigenvalue weighted by atomic mass is 10.2. The minimum absolute atomic E-state index is 0.0110. The van der Waals surface area contributed by atoms with E-state index in [1.54, 1.807) is 12.1 Å². The van der Waals surface area contributed by atoms with Crippen molar-refractivity contribution >= 4 is 39.6 Å². The van der Waals surface area contributed by atoms with Gasteiger partial charge in [-0.3, -0.25) is 9.59 Å². The SMILES string of the molecule is CC(C)Oc1ccc(Br)cc1C=NNC(=O)CC(=O)Nc1ccc(F)cc1. The summed E-state index contributed by atoms with van der Waals surface area (Å²) in [6.07, 6.45) is 1.02. The van der Waals surface area contributed by atoms with Crippen LogP contribution in [0.3, 0.4) is 0 Å². The molecule has 0 aromatic heterocycles. The van der Waals surface area contributed by atoms with Crippen molar-refractivity contribution in [1.29, 1.82) is 0 Å². The summed E-state index contributed by atoms with van der Waals surface area (Å²) in [5.41, 5.74) is 3.38. The van der Waals surface area contributed by atoms with Gasteiger partial charge in [-0.2, -0.15) is 5.10 Å². The first-order chi connectivity index (χ1) is 12.8. The lowest BCUT2D eigenvalue weighted by Gasteiger charge is -2.12. The van der Waals surface area contributed by atoms with Crippen LogP contribution in [0.25, 0.3) is 0 Å². The first-order valence-corrected chi connectivity index (χ1v) is 8.96. The maximum absolute atomic E-state index is 12.8. The summed E-state index contributed by atoms with van der Waals surface area (Å²) in [4.78, 5) is 23.6. The number of carbonyl (C=O) groups is 2. The summed E-state index contributed by atoms with van der Waals surface area (Å²) in [6, 6.07) is 10.7. The van der Waals surface area contributed by atoms with Gasteiger partial charge in [-0.05, 0) is 56.3 Å². The number of amides is 2. The van der Waals surface area contributed by atoms with Crippen LogP contribution >= 0.6 is 15.9 Å². The number of ether oxygens (including phenoxy) is 1. The molecule has 6 nitrogen and oxygen atoms in total. The van der Waals surface area contributed by atoms with Gasteiger partial charge in [-0.15, -0.1) is 0 Å². The zero-order chi connectivity index (χ0) is 19.8. The molecule has 2 aromatic carbocycles. The van der Waals surface area contributed by atoms with Gasteiger partial charge in [0.25, 0.3) is 0 Å². The van der Waals surface area contributed by atoms with Crippen LogP contribution in [0, 0.1) is 5.82 Å². The zero-order valence-corrected chi connectivity index (χ0v) is 16.4. The Labute approximate surface area is 164 Å². The van der Waals surface area contributed by atoms with Crippen LogP contribution in [0.15, 0.2) is 52.0 Å². The van der Waals surface area contributed by atoms with Gasteiger partial charge in [-0.25, -0.2) is 9.82 Å². The van der Waals surface area contributed by atoms with Gasteiger partial charge >= 0.3 is 0 Å². The highest BCUT2D eigenvalue weighted by Gasteiger charge is 2.09.